The number of aromatic nitrogens is 4. The fourth-order valence-electron chi connectivity index (χ4n) is 7.96. The normalized spacial score (nSPS) is 11.5. The molecule has 4 aromatic heterocycles. The second kappa shape index (κ2) is 45.2. The molecule has 0 bridgehead atoms. The molecule has 6 aromatic carbocycles. The van der Waals surface area contributed by atoms with Crippen molar-refractivity contribution in [3.8, 4) is 0 Å². The van der Waals surface area contributed by atoms with Gasteiger partial charge >= 0.3 is 0 Å². The molecule has 17 nitrogen and oxygen atoms in total. The summed E-state index contributed by atoms with van der Waals surface area (Å²) in [4.78, 5) is 29.7. The largest absolute Gasteiger partial charge is 0.363 e. The Morgan fingerprint density at radius 3 is 1.10 bits per heavy atom. The Morgan fingerprint density at radius 2 is 0.817 bits per heavy atom. The average molecular weight is 1520 g/mol. The highest BCUT2D eigenvalue weighted by Gasteiger charge is 2.23. The minimum absolute atomic E-state index is 0. The molecular weight excluding hydrogens is 1420 g/mol. The van der Waals surface area contributed by atoms with Crippen LogP contribution >= 0.6 is 0 Å². The van der Waals surface area contributed by atoms with E-state index in [1.807, 2.05) is 140 Å². The van der Waals surface area contributed by atoms with E-state index < -0.39 is 54.8 Å². The predicted molar refractivity (Wildman–Crippen MR) is 431 cm³/mol. The Kier molecular flexibility index (Phi) is 41.2. The van der Waals surface area contributed by atoms with Crippen molar-refractivity contribution in [3.63, 3.8) is 0 Å². The van der Waals surface area contributed by atoms with Gasteiger partial charge in [-0.15, -0.1) is 0 Å². The molecule has 2 unspecified atom stereocenters. The monoisotopic (exact) mass is 1520 g/mol. The Bertz CT molecular complexity index is 4560. The third-order valence-corrected chi connectivity index (χ3v) is 18.4. The first-order valence-electron chi connectivity index (χ1n) is 31.7. The molecule has 1 amide bonds. The Hall–Kier alpha value is -9.14. The number of sulfone groups is 1. The fraction of sp³-hybridized carbons (Fsp3) is 0.263. The van der Waals surface area contributed by atoms with Gasteiger partial charge in [0.2, 0.25) is 10.0 Å². The summed E-state index contributed by atoms with van der Waals surface area (Å²) in [5.74, 6) is 5.41. The van der Waals surface area contributed by atoms with Gasteiger partial charge in [-0.05, 0) is 205 Å². The van der Waals surface area contributed by atoms with E-state index >= 15 is 0 Å². The molecule has 2 atom stereocenters. The Morgan fingerprint density at radius 1 is 0.433 bits per heavy atom. The number of halogens is 2. The van der Waals surface area contributed by atoms with Crippen LogP contribution in [0.15, 0.2) is 244 Å². The standard InChI is InChI=1S/C9H10F2.C9H11NO.C9H12OS.C8H12N2.C8H11NOS.2C8H10.2C7H9NO2S.C6H8N2O2S.CH4/c1-7-4-3-5-8(6-7)9(2,10)11;1-7-4-3-5-8(6-7)9(11)10-2;1-8-5-4-6-9(7-8)11(2,3)10;1-7-5-4-6-8(9-7)10(2)3;1-7-4-5-8(9-6-7)11(2,3)10;2*1-7-4-3-5-8(2)6-7;1-6-3-4-8-7(5-6)11(2,9)10;1-6-3-2-4-7(5-6)11(8,9)10;1-5-2-3-6(8-4-5)11(7,9)10;/h3-6H,1-2H3;3-6H,1-2H3,(H,10,11);4-7H,2H2,1,3H3;4-6H,1-3H3;4-6H,2H2,1,3H3;2*3-6H,1-2H3;3-5H,1-2H3;2-5H,1H3,(H2,8,9,10);2-4H,1H3,(H2,7,9,10);1H4. The van der Waals surface area contributed by atoms with E-state index in [1.165, 1.54) is 65.0 Å². The summed E-state index contributed by atoms with van der Waals surface area (Å²) in [6.45, 7) is 24.5. The van der Waals surface area contributed by atoms with Crippen molar-refractivity contribution >= 4 is 72.4 Å². The lowest BCUT2D eigenvalue weighted by molar-refractivity contribution is 0.0174. The van der Waals surface area contributed by atoms with Crippen LogP contribution in [-0.4, -0.2) is 111 Å². The summed E-state index contributed by atoms with van der Waals surface area (Å²) in [5, 5.41) is 12.9. The number of anilines is 1. The summed E-state index contributed by atoms with van der Waals surface area (Å²) < 4.78 is 113. The number of amides is 1. The van der Waals surface area contributed by atoms with Gasteiger partial charge in [0.15, 0.2) is 19.9 Å². The molecule has 10 aromatic rings. The van der Waals surface area contributed by atoms with Gasteiger partial charge in [-0.25, -0.2) is 64.2 Å². The van der Waals surface area contributed by atoms with Crippen LogP contribution in [0.4, 0.5) is 14.6 Å². The van der Waals surface area contributed by atoms with Crippen molar-refractivity contribution in [1.29, 1.82) is 0 Å². The van der Waals surface area contributed by atoms with Gasteiger partial charge < -0.3 is 10.2 Å². The van der Waals surface area contributed by atoms with Crippen molar-refractivity contribution in [2.75, 3.05) is 44.8 Å². The van der Waals surface area contributed by atoms with Gasteiger partial charge in [0.05, 0.1) is 4.90 Å². The number of carbonyl (C=O) groups excluding carboxylic acids is 1. The van der Waals surface area contributed by atoms with Crippen LogP contribution in [0.5, 0.6) is 0 Å². The number of sulfonamides is 2. The molecule has 0 aliphatic heterocycles. The van der Waals surface area contributed by atoms with E-state index in [1.54, 1.807) is 81.2 Å². The SMILES string of the molecule is C.C=S(C)(=O)c1ccc(C)cn1.C=S(C)(=O)c1cccc(C)c1.CNC(=O)c1cccc(C)c1.Cc1ccc(S(N)(=O)=O)nc1.Cc1cccc(C(C)(F)F)c1.Cc1cccc(C)c1.Cc1cccc(C)c1.Cc1cccc(N(C)C)n1.Cc1cccc(S(N)(=O)=O)c1.Cc1ccnc(S(C)(=O)=O)c1. The summed E-state index contributed by atoms with van der Waals surface area (Å²) in [7, 11) is -8.84. The molecule has 0 radical (unpaired) electrons. The van der Waals surface area contributed by atoms with Crippen LogP contribution in [-0.2, 0) is 54.8 Å². The number of nitrogens with zero attached hydrogens (tertiary/aromatic N) is 5. The van der Waals surface area contributed by atoms with E-state index in [4.69, 9.17) is 10.3 Å². The number of nitrogens with two attached hydrogens (primary N) is 2. The maximum Gasteiger partial charge on any atom is 0.270 e. The van der Waals surface area contributed by atoms with Crippen LogP contribution in [0.2, 0.25) is 0 Å². The molecule has 10 rings (SSSR count). The van der Waals surface area contributed by atoms with Gasteiger partial charge in [0.25, 0.3) is 21.9 Å². The highest BCUT2D eigenvalue weighted by Crippen LogP contribution is 2.27. The Balaban J connectivity index is 0.00000113. The zero-order chi connectivity index (χ0) is 78.7. The van der Waals surface area contributed by atoms with Crippen LogP contribution in [0, 0.1) is 83.1 Å². The van der Waals surface area contributed by atoms with Crippen LogP contribution < -0.4 is 20.5 Å². The number of benzene rings is 6. The predicted octanol–water partition coefficient (Wildman–Crippen LogP) is 15.4. The molecule has 0 saturated heterocycles. The van der Waals surface area contributed by atoms with Crippen molar-refractivity contribution < 1.29 is 47.2 Å². The van der Waals surface area contributed by atoms with Crippen molar-refractivity contribution in [2.24, 2.45) is 10.3 Å². The molecule has 5 N–H and O–H groups in total. The summed E-state index contributed by atoms with van der Waals surface area (Å²) >= 11 is 0. The lowest BCUT2D eigenvalue weighted by atomic mass is 10.1. The second-order valence-corrected chi connectivity index (χ2v) is 34.5. The number of nitrogens with one attached hydrogen (secondary N) is 1. The van der Waals surface area contributed by atoms with E-state index in [0.717, 1.165) is 68.5 Å². The van der Waals surface area contributed by atoms with Gasteiger partial charge in [0, 0.05) is 96.7 Å². The average Bonchev–Trinajstić information content (AvgIpc) is 0.890. The fourth-order valence-corrected chi connectivity index (χ4v) is 11.1. The first-order chi connectivity index (χ1) is 47.5. The molecule has 0 fully saturated rings. The van der Waals surface area contributed by atoms with E-state index in [9.17, 15) is 47.2 Å². The lowest BCUT2D eigenvalue weighted by Gasteiger charge is -2.10. The van der Waals surface area contributed by atoms with Gasteiger partial charge in [-0.1, -0.05) is 168 Å². The number of alkyl halides is 2. The zero-order valence-electron chi connectivity index (χ0n) is 62.6. The highest BCUT2D eigenvalue weighted by atomic mass is 32.2. The van der Waals surface area contributed by atoms with Crippen LogP contribution in [0.25, 0.3) is 0 Å². The number of hydrogen-bond acceptors (Lipinski definition) is 14. The number of hydrogen-bond donors (Lipinski definition) is 3. The molecule has 4 heterocycles. The minimum atomic E-state index is -3.63. The number of pyridine rings is 4. The minimum Gasteiger partial charge on any atom is -0.363 e. The molecule has 0 aliphatic carbocycles. The highest BCUT2D eigenvalue weighted by molar-refractivity contribution is 8.00. The molecule has 24 heteroatoms. The third-order valence-electron chi connectivity index (χ3n) is 13.3. The summed E-state index contributed by atoms with van der Waals surface area (Å²) in [6.07, 6.45) is 9.04. The quantitative estimate of drug-likeness (QED) is 0.119. The van der Waals surface area contributed by atoms with Crippen LogP contribution in [0.1, 0.15) is 97.2 Å². The molecule has 564 valence electrons. The number of rotatable bonds is 8. The third kappa shape index (κ3) is 41.8. The van der Waals surface area contributed by atoms with Crippen LogP contribution in [0.3, 0.4) is 0 Å². The molecule has 104 heavy (non-hydrogen) atoms. The van der Waals surface area contributed by atoms with Gasteiger partial charge in [-0.3, -0.25) is 13.2 Å². The number of primary sulfonamides is 2. The number of aryl methyl sites for hydroxylation is 12. The molecule has 0 aliphatic rings. The zero-order valence-corrected chi connectivity index (χ0v) is 66.6. The first-order valence-corrected chi connectivity index (χ1v) is 41.0. The van der Waals surface area contributed by atoms with Crippen molar-refractivity contribution in [1.82, 2.24) is 25.3 Å². The van der Waals surface area contributed by atoms with Gasteiger partial charge in [0.1, 0.15) is 10.8 Å². The lowest BCUT2D eigenvalue weighted by Crippen LogP contribution is -2.17. The van der Waals surface area contributed by atoms with Crippen molar-refractivity contribution in [3.05, 3.63) is 297 Å². The molecule has 0 spiro atoms. The van der Waals surface area contributed by atoms with Gasteiger partial charge in [-0.2, -0.15) is 0 Å². The molecular formula is C80H106F2N8O9S5. The summed E-state index contributed by atoms with van der Waals surface area (Å²) in [6, 6.07) is 60.9. The maximum absolute atomic E-state index is 12.6. The smallest absolute Gasteiger partial charge is 0.270 e. The van der Waals surface area contributed by atoms with E-state index in [-0.39, 0.29) is 33.8 Å². The first kappa shape index (κ1) is 94.9. The van der Waals surface area contributed by atoms with E-state index in [2.05, 4.69) is 113 Å². The molecule has 0 saturated carbocycles. The second-order valence-electron chi connectivity index (χ2n) is 24.6. The number of carbonyl (C=O) groups is 1. The van der Waals surface area contributed by atoms with E-state index in [0.29, 0.717) is 10.6 Å². The summed E-state index contributed by atoms with van der Waals surface area (Å²) in [5.41, 5.74) is 14.1. The maximum atomic E-state index is 12.6. The topological polar surface area (TPSA) is 272 Å². The Labute approximate surface area is 620 Å². The van der Waals surface area contributed by atoms with Crippen molar-refractivity contribution in [2.45, 2.75) is 128 Å².